The molecule has 0 fully saturated rings. The van der Waals surface area contributed by atoms with E-state index < -0.39 is 0 Å². The normalized spacial score (nSPS) is 29.7. The number of carbonyl (C=O) groups is 1. The zero-order chi connectivity index (χ0) is 13.5. The van der Waals surface area contributed by atoms with E-state index in [4.69, 9.17) is 0 Å². The number of ketones is 1. The number of rotatable bonds is 2. The molecule has 19 heavy (non-hydrogen) atoms. The maximum atomic E-state index is 11.7. The summed E-state index contributed by atoms with van der Waals surface area (Å²) in [7, 11) is 0. The minimum Gasteiger partial charge on any atom is -0.381 e. The van der Waals surface area contributed by atoms with E-state index >= 15 is 0 Å². The Bertz CT molecular complexity index is 551. The van der Waals surface area contributed by atoms with Crippen LogP contribution in [-0.2, 0) is 4.79 Å². The second-order valence-corrected chi connectivity index (χ2v) is 5.81. The highest BCUT2D eigenvalue weighted by Gasteiger charge is 2.33. The van der Waals surface area contributed by atoms with Gasteiger partial charge in [-0.3, -0.25) is 4.79 Å². The van der Waals surface area contributed by atoms with Crippen molar-refractivity contribution in [1.29, 1.82) is 0 Å². The van der Waals surface area contributed by atoms with Crippen LogP contribution < -0.4 is 10.6 Å². The third-order valence-electron chi connectivity index (χ3n) is 4.32. The van der Waals surface area contributed by atoms with Crippen LogP contribution in [0.15, 0.2) is 47.0 Å². The minimum atomic E-state index is 0.00419. The quantitative estimate of drug-likeness (QED) is 0.798. The summed E-state index contributed by atoms with van der Waals surface area (Å²) in [6.07, 6.45) is 12.0. The number of hydrogen-bond donors (Lipinski definition) is 2. The molecule has 0 aromatic rings. The van der Waals surface area contributed by atoms with Crippen LogP contribution in [0.5, 0.6) is 0 Å². The molecule has 3 nitrogen and oxygen atoms in total. The summed E-state index contributed by atoms with van der Waals surface area (Å²) in [6.45, 7) is 4.15. The maximum Gasteiger partial charge on any atom is 0.160 e. The van der Waals surface area contributed by atoms with E-state index in [0.29, 0.717) is 6.42 Å². The molecule has 0 saturated heterocycles. The van der Waals surface area contributed by atoms with Crippen molar-refractivity contribution in [2.24, 2.45) is 0 Å². The van der Waals surface area contributed by atoms with Gasteiger partial charge in [-0.25, -0.2) is 0 Å². The van der Waals surface area contributed by atoms with Gasteiger partial charge in [0.2, 0.25) is 0 Å². The van der Waals surface area contributed by atoms with Crippen LogP contribution in [0, 0.1) is 0 Å². The van der Waals surface area contributed by atoms with Gasteiger partial charge in [0.05, 0.1) is 5.54 Å². The van der Waals surface area contributed by atoms with E-state index in [0.717, 1.165) is 30.5 Å². The Labute approximate surface area is 114 Å². The largest absolute Gasteiger partial charge is 0.381 e. The number of hydrogen-bond acceptors (Lipinski definition) is 3. The number of Topliss-reactive ketones (excluding diaryl/α,β-unsaturated/α-hetero) is 1. The van der Waals surface area contributed by atoms with Crippen molar-refractivity contribution >= 4 is 5.78 Å². The predicted molar refractivity (Wildman–Crippen MR) is 76.2 cm³/mol. The van der Waals surface area contributed by atoms with E-state index in [-0.39, 0.29) is 11.3 Å². The topological polar surface area (TPSA) is 41.1 Å². The van der Waals surface area contributed by atoms with Gasteiger partial charge in [-0.1, -0.05) is 6.08 Å². The second kappa shape index (κ2) is 4.41. The number of allylic oxidation sites excluding steroid dienone is 4. The van der Waals surface area contributed by atoms with E-state index in [9.17, 15) is 4.79 Å². The second-order valence-electron chi connectivity index (χ2n) is 5.81. The van der Waals surface area contributed by atoms with Gasteiger partial charge in [-0.15, -0.1) is 0 Å². The van der Waals surface area contributed by atoms with Crippen LogP contribution in [0.1, 0.15) is 39.5 Å². The van der Waals surface area contributed by atoms with Crippen molar-refractivity contribution in [3.8, 4) is 0 Å². The molecule has 3 aliphatic rings. The first-order chi connectivity index (χ1) is 9.08. The van der Waals surface area contributed by atoms with Crippen molar-refractivity contribution < 1.29 is 4.79 Å². The summed E-state index contributed by atoms with van der Waals surface area (Å²) >= 11 is 0. The van der Waals surface area contributed by atoms with Gasteiger partial charge in [-0.2, -0.15) is 0 Å². The molecule has 1 aliphatic heterocycles. The molecule has 0 aromatic carbocycles. The third kappa shape index (κ3) is 2.14. The van der Waals surface area contributed by atoms with Crippen molar-refractivity contribution in [3.05, 3.63) is 47.0 Å². The van der Waals surface area contributed by atoms with Gasteiger partial charge in [0.25, 0.3) is 0 Å². The Hall–Kier alpha value is -1.77. The summed E-state index contributed by atoms with van der Waals surface area (Å²) in [5.41, 5.74) is 4.53. The predicted octanol–water partition coefficient (Wildman–Crippen LogP) is 2.69. The average Bonchev–Trinajstić information content (AvgIpc) is 2.75. The van der Waals surface area contributed by atoms with Gasteiger partial charge >= 0.3 is 0 Å². The van der Waals surface area contributed by atoms with E-state index in [1.807, 2.05) is 13.1 Å². The molecule has 0 radical (unpaired) electrons. The van der Waals surface area contributed by atoms with Crippen molar-refractivity contribution in [1.82, 2.24) is 10.6 Å². The summed E-state index contributed by atoms with van der Waals surface area (Å²) in [5.74, 6) is 0.285. The first-order valence-corrected chi connectivity index (χ1v) is 6.94. The van der Waals surface area contributed by atoms with Crippen LogP contribution in [-0.4, -0.2) is 11.3 Å². The fraction of sp³-hybridized carbons (Fsp3) is 0.438. The lowest BCUT2D eigenvalue weighted by Crippen LogP contribution is -2.40. The van der Waals surface area contributed by atoms with Gasteiger partial charge in [-0.05, 0) is 50.6 Å². The van der Waals surface area contributed by atoms with Crippen molar-refractivity contribution in [3.63, 3.8) is 0 Å². The lowest BCUT2D eigenvalue weighted by molar-refractivity contribution is -0.116. The Morgan fingerprint density at radius 1 is 1.32 bits per heavy atom. The Morgan fingerprint density at radius 2 is 2.16 bits per heavy atom. The number of fused-ring (bicyclic) bond motifs is 1. The lowest BCUT2D eigenvalue weighted by atomic mass is 9.85. The zero-order valence-electron chi connectivity index (χ0n) is 11.5. The molecule has 1 atom stereocenters. The number of carbonyl (C=O) groups excluding carboxylic acids is 1. The Balaban J connectivity index is 1.80. The lowest BCUT2D eigenvalue weighted by Gasteiger charge is -2.32. The Morgan fingerprint density at radius 3 is 3.00 bits per heavy atom. The molecule has 3 heteroatoms. The molecule has 100 valence electrons. The molecule has 0 amide bonds. The van der Waals surface area contributed by atoms with E-state index in [2.05, 4.69) is 35.8 Å². The highest BCUT2D eigenvalue weighted by atomic mass is 16.1. The van der Waals surface area contributed by atoms with E-state index in [1.54, 1.807) is 0 Å². The molecular weight excluding hydrogens is 236 g/mol. The van der Waals surface area contributed by atoms with Gasteiger partial charge in [0, 0.05) is 29.8 Å². The molecule has 1 heterocycles. The highest BCUT2D eigenvalue weighted by molar-refractivity contribution is 5.96. The first-order valence-electron chi connectivity index (χ1n) is 6.94. The molecule has 0 bridgehead atoms. The molecule has 0 aromatic heterocycles. The summed E-state index contributed by atoms with van der Waals surface area (Å²) in [5, 5.41) is 6.89. The first kappa shape index (κ1) is 12.3. The van der Waals surface area contributed by atoms with Crippen molar-refractivity contribution in [2.75, 3.05) is 0 Å². The fourth-order valence-electron chi connectivity index (χ4n) is 3.01. The van der Waals surface area contributed by atoms with Crippen LogP contribution in [0.3, 0.4) is 0 Å². The maximum absolute atomic E-state index is 11.7. The highest BCUT2D eigenvalue weighted by Crippen LogP contribution is 2.33. The molecule has 3 rings (SSSR count). The molecule has 2 N–H and O–H groups in total. The summed E-state index contributed by atoms with van der Waals surface area (Å²) in [4.78, 5) is 11.7. The molecule has 2 aliphatic carbocycles. The van der Waals surface area contributed by atoms with Crippen LogP contribution in [0.4, 0.5) is 0 Å². The molecule has 1 unspecified atom stereocenters. The van der Waals surface area contributed by atoms with Crippen molar-refractivity contribution in [2.45, 2.75) is 45.1 Å². The van der Waals surface area contributed by atoms with Gasteiger partial charge in [0.15, 0.2) is 5.78 Å². The molecule has 0 saturated carbocycles. The fourth-order valence-corrected chi connectivity index (χ4v) is 3.01. The van der Waals surface area contributed by atoms with E-state index in [1.165, 1.54) is 11.3 Å². The standard InChI is InChI=1S/C16H20N2O/c1-11-14(4-3-5-15(11)19)18-13-7-6-12-8-9-17-16(12,2)10-13/h6-9,17-18H,3-5,10H2,1-2H3. The minimum absolute atomic E-state index is 0.00419. The Kier molecular flexibility index (Phi) is 2.85. The van der Waals surface area contributed by atoms with Crippen LogP contribution in [0.2, 0.25) is 0 Å². The summed E-state index contributed by atoms with van der Waals surface area (Å²) < 4.78 is 0. The molecule has 0 spiro atoms. The van der Waals surface area contributed by atoms with Crippen LogP contribution in [0.25, 0.3) is 0 Å². The number of nitrogens with one attached hydrogen (secondary N) is 2. The summed E-state index contributed by atoms with van der Waals surface area (Å²) in [6, 6.07) is 0. The average molecular weight is 256 g/mol. The third-order valence-corrected chi connectivity index (χ3v) is 4.32. The van der Waals surface area contributed by atoms with Crippen LogP contribution >= 0.6 is 0 Å². The SMILES string of the molecule is CC1=C(NC2=CC=C3C=CNC3(C)C2)CCCC1=O. The smallest absolute Gasteiger partial charge is 0.160 e. The van der Waals surface area contributed by atoms with Gasteiger partial charge < -0.3 is 10.6 Å². The van der Waals surface area contributed by atoms with Gasteiger partial charge in [0.1, 0.15) is 0 Å². The molecular formula is C16H20N2O. The zero-order valence-corrected chi connectivity index (χ0v) is 11.5. The monoisotopic (exact) mass is 256 g/mol.